The zero-order chi connectivity index (χ0) is 19.1. The van der Waals surface area contributed by atoms with Gasteiger partial charge in [0, 0.05) is 31.1 Å². The molecule has 0 aliphatic carbocycles. The molecule has 26 heavy (non-hydrogen) atoms. The molecule has 0 radical (unpaired) electrons. The SMILES string of the molecule is CN=C(NCc1nc(C)c(C)s1)NCc1ccccc1CN(C)C(C)C. The zero-order valence-electron chi connectivity index (χ0n) is 16.8. The number of nitrogens with zero attached hydrogens (tertiary/aromatic N) is 3. The molecule has 5 nitrogen and oxygen atoms in total. The zero-order valence-corrected chi connectivity index (χ0v) is 17.6. The maximum atomic E-state index is 4.57. The summed E-state index contributed by atoms with van der Waals surface area (Å²) in [5.41, 5.74) is 3.75. The second-order valence-corrected chi connectivity index (χ2v) is 8.09. The first kappa shape index (κ1) is 20.4. The molecule has 0 spiro atoms. The van der Waals surface area contributed by atoms with Crippen LogP contribution in [0.15, 0.2) is 29.3 Å². The van der Waals surface area contributed by atoms with E-state index < -0.39 is 0 Å². The predicted octanol–water partition coefficient (Wildman–Crippen LogP) is 3.47. The molecule has 0 aliphatic heterocycles. The lowest BCUT2D eigenvalue weighted by Crippen LogP contribution is -2.36. The number of aromatic nitrogens is 1. The van der Waals surface area contributed by atoms with Crippen molar-refractivity contribution in [3.05, 3.63) is 51.0 Å². The van der Waals surface area contributed by atoms with Gasteiger partial charge in [-0.3, -0.25) is 9.89 Å². The number of aliphatic imine (C=N–C) groups is 1. The van der Waals surface area contributed by atoms with E-state index in [0.29, 0.717) is 12.6 Å². The molecule has 0 atom stereocenters. The number of rotatable bonds is 7. The second-order valence-electron chi connectivity index (χ2n) is 6.81. The van der Waals surface area contributed by atoms with Gasteiger partial charge in [0.15, 0.2) is 5.96 Å². The van der Waals surface area contributed by atoms with Gasteiger partial charge in [0.1, 0.15) is 5.01 Å². The largest absolute Gasteiger partial charge is 0.352 e. The molecule has 142 valence electrons. The van der Waals surface area contributed by atoms with Crippen molar-refractivity contribution in [2.24, 2.45) is 4.99 Å². The van der Waals surface area contributed by atoms with Crippen molar-refractivity contribution >= 4 is 17.3 Å². The van der Waals surface area contributed by atoms with E-state index in [4.69, 9.17) is 0 Å². The first-order valence-electron chi connectivity index (χ1n) is 9.05. The van der Waals surface area contributed by atoms with Crippen molar-refractivity contribution < 1.29 is 0 Å². The van der Waals surface area contributed by atoms with Crippen LogP contribution < -0.4 is 10.6 Å². The van der Waals surface area contributed by atoms with Crippen LogP contribution in [0.1, 0.15) is 40.6 Å². The van der Waals surface area contributed by atoms with Gasteiger partial charge >= 0.3 is 0 Å². The molecule has 0 fully saturated rings. The molecule has 0 saturated heterocycles. The van der Waals surface area contributed by atoms with E-state index in [1.165, 1.54) is 16.0 Å². The summed E-state index contributed by atoms with van der Waals surface area (Å²) in [6.45, 7) is 11.0. The molecule has 2 rings (SSSR count). The number of thiazole rings is 1. The first-order chi connectivity index (χ1) is 12.4. The van der Waals surface area contributed by atoms with Crippen LogP contribution in [-0.4, -0.2) is 36.0 Å². The maximum Gasteiger partial charge on any atom is 0.191 e. The molecule has 0 saturated carbocycles. The van der Waals surface area contributed by atoms with E-state index in [9.17, 15) is 0 Å². The predicted molar refractivity (Wildman–Crippen MR) is 112 cm³/mol. The van der Waals surface area contributed by atoms with E-state index >= 15 is 0 Å². The Morgan fingerprint density at radius 1 is 1.15 bits per heavy atom. The summed E-state index contributed by atoms with van der Waals surface area (Å²) < 4.78 is 0. The monoisotopic (exact) mass is 373 g/mol. The van der Waals surface area contributed by atoms with Crippen molar-refractivity contribution in [3.63, 3.8) is 0 Å². The van der Waals surface area contributed by atoms with Gasteiger partial charge in [0.05, 0.1) is 12.2 Å². The number of hydrogen-bond donors (Lipinski definition) is 2. The molecule has 1 heterocycles. The molecule has 0 aliphatic rings. The third kappa shape index (κ3) is 5.81. The summed E-state index contributed by atoms with van der Waals surface area (Å²) in [6.07, 6.45) is 0. The highest BCUT2D eigenvalue weighted by Crippen LogP contribution is 2.16. The van der Waals surface area contributed by atoms with Gasteiger partial charge in [-0.1, -0.05) is 24.3 Å². The minimum absolute atomic E-state index is 0.524. The first-order valence-corrected chi connectivity index (χ1v) is 9.86. The smallest absolute Gasteiger partial charge is 0.191 e. The van der Waals surface area contributed by atoms with Gasteiger partial charge < -0.3 is 10.6 Å². The maximum absolute atomic E-state index is 4.57. The summed E-state index contributed by atoms with van der Waals surface area (Å²) >= 11 is 1.73. The Morgan fingerprint density at radius 3 is 2.38 bits per heavy atom. The Hall–Kier alpha value is -1.92. The Morgan fingerprint density at radius 2 is 1.81 bits per heavy atom. The summed E-state index contributed by atoms with van der Waals surface area (Å²) in [4.78, 5) is 12.5. The topological polar surface area (TPSA) is 52.6 Å². The van der Waals surface area contributed by atoms with Gasteiger partial charge in [-0.25, -0.2) is 4.98 Å². The summed E-state index contributed by atoms with van der Waals surface area (Å²) in [7, 11) is 3.96. The van der Waals surface area contributed by atoms with Crippen LogP contribution in [0.25, 0.3) is 0 Å². The third-order valence-electron chi connectivity index (χ3n) is 4.57. The van der Waals surface area contributed by atoms with Crippen LogP contribution in [0.5, 0.6) is 0 Å². The van der Waals surface area contributed by atoms with Crippen LogP contribution in [-0.2, 0) is 19.6 Å². The van der Waals surface area contributed by atoms with Crippen molar-refractivity contribution in [3.8, 4) is 0 Å². The third-order valence-corrected chi connectivity index (χ3v) is 5.64. The second kappa shape index (κ2) is 9.69. The molecular formula is C20H31N5S. The summed E-state index contributed by atoms with van der Waals surface area (Å²) in [5.74, 6) is 0.794. The van der Waals surface area contributed by atoms with Gasteiger partial charge in [-0.15, -0.1) is 11.3 Å². The Kier molecular flexibility index (Phi) is 7.60. The summed E-state index contributed by atoms with van der Waals surface area (Å²) in [5, 5.41) is 7.85. The molecule has 1 aromatic heterocycles. The standard InChI is InChI=1S/C20H31N5S/c1-14(2)25(6)13-18-10-8-7-9-17(18)11-22-20(21-5)23-12-19-24-15(3)16(4)26-19/h7-10,14H,11-13H2,1-6H3,(H2,21,22,23). The number of benzene rings is 1. The molecule has 1 aromatic carbocycles. The van der Waals surface area contributed by atoms with E-state index in [-0.39, 0.29) is 0 Å². The number of hydrogen-bond acceptors (Lipinski definition) is 4. The number of aryl methyl sites for hydroxylation is 2. The van der Waals surface area contributed by atoms with Crippen LogP contribution in [0.3, 0.4) is 0 Å². The normalized spacial score (nSPS) is 12.1. The number of guanidine groups is 1. The fraction of sp³-hybridized carbons (Fsp3) is 0.500. The lowest BCUT2D eigenvalue weighted by Gasteiger charge is -2.23. The lowest BCUT2D eigenvalue weighted by atomic mass is 10.1. The van der Waals surface area contributed by atoms with E-state index in [1.54, 1.807) is 18.4 Å². The molecule has 0 amide bonds. The molecule has 6 heteroatoms. The van der Waals surface area contributed by atoms with Crippen molar-refractivity contribution in [2.45, 2.75) is 53.4 Å². The van der Waals surface area contributed by atoms with E-state index in [1.807, 2.05) is 6.92 Å². The van der Waals surface area contributed by atoms with Crippen LogP contribution in [0.4, 0.5) is 0 Å². The molecule has 0 bridgehead atoms. The minimum Gasteiger partial charge on any atom is -0.352 e. The number of nitrogens with one attached hydrogen (secondary N) is 2. The highest BCUT2D eigenvalue weighted by Gasteiger charge is 2.09. The van der Waals surface area contributed by atoms with Crippen molar-refractivity contribution in [1.29, 1.82) is 0 Å². The van der Waals surface area contributed by atoms with Crippen LogP contribution in [0.2, 0.25) is 0 Å². The van der Waals surface area contributed by atoms with E-state index in [0.717, 1.165) is 29.8 Å². The van der Waals surface area contributed by atoms with Crippen LogP contribution in [0, 0.1) is 13.8 Å². The van der Waals surface area contributed by atoms with E-state index in [2.05, 4.69) is 77.6 Å². The van der Waals surface area contributed by atoms with Crippen LogP contribution >= 0.6 is 11.3 Å². The Labute approximate surface area is 161 Å². The molecular weight excluding hydrogens is 342 g/mol. The molecule has 0 unspecified atom stereocenters. The van der Waals surface area contributed by atoms with Gasteiger partial charge in [-0.05, 0) is 45.9 Å². The van der Waals surface area contributed by atoms with Gasteiger partial charge in [-0.2, -0.15) is 0 Å². The highest BCUT2D eigenvalue weighted by atomic mass is 32.1. The fourth-order valence-corrected chi connectivity index (χ4v) is 3.38. The van der Waals surface area contributed by atoms with Crippen molar-refractivity contribution in [2.75, 3.05) is 14.1 Å². The fourth-order valence-electron chi connectivity index (χ4n) is 2.51. The Bertz CT molecular complexity index is 716. The summed E-state index contributed by atoms with van der Waals surface area (Å²) in [6, 6.07) is 9.10. The quantitative estimate of drug-likeness (QED) is 0.576. The van der Waals surface area contributed by atoms with Gasteiger partial charge in [0.25, 0.3) is 0 Å². The average molecular weight is 374 g/mol. The van der Waals surface area contributed by atoms with Crippen molar-refractivity contribution in [1.82, 2.24) is 20.5 Å². The molecule has 2 aromatic rings. The minimum atomic E-state index is 0.524. The molecule has 2 N–H and O–H groups in total. The van der Waals surface area contributed by atoms with Gasteiger partial charge in [0.2, 0.25) is 0 Å². The lowest BCUT2D eigenvalue weighted by molar-refractivity contribution is 0.265. The average Bonchev–Trinajstić information content (AvgIpc) is 2.94. The highest BCUT2D eigenvalue weighted by molar-refractivity contribution is 7.11. The Balaban J connectivity index is 1.93.